The zero-order chi connectivity index (χ0) is 17.3. The van der Waals surface area contributed by atoms with Crippen LogP contribution in [0.2, 0.25) is 0 Å². The van der Waals surface area contributed by atoms with E-state index >= 15 is 0 Å². The lowest BCUT2D eigenvalue weighted by Gasteiger charge is -2.13. The van der Waals surface area contributed by atoms with Crippen molar-refractivity contribution < 1.29 is 4.74 Å². The Kier molecular flexibility index (Phi) is 4.26. The van der Waals surface area contributed by atoms with E-state index in [0.717, 1.165) is 22.8 Å². The summed E-state index contributed by atoms with van der Waals surface area (Å²) >= 11 is 0. The molecule has 0 bridgehead atoms. The maximum absolute atomic E-state index is 9.00. The third-order valence-corrected chi connectivity index (χ3v) is 4.37. The van der Waals surface area contributed by atoms with Crippen molar-refractivity contribution in [1.82, 2.24) is 9.38 Å². The third kappa shape index (κ3) is 2.85. The number of rotatable bonds is 4. The number of hydrogen-bond donors (Lipinski definition) is 0. The van der Waals surface area contributed by atoms with E-state index in [2.05, 4.69) is 44.0 Å². The van der Waals surface area contributed by atoms with Crippen LogP contribution in [0.1, 0.15) is 33.6 Å². The van der Waals surface area contributed by atoms with Crippen LogP contribution in [0.25, 0.3) is 5.65 Å². The molecule has 0 saturated heterocycles. The number of fused-ring (bicyclic) bond motifs is 1. The Morgan fingerprint density at radius 2 is 1.88 bits per heavy atom. The van der Waals surface area contributed by atoms with E-state index in [1.807, 2.05) is 29.7 Å². The number of aromatic nitrogens is 2. The van der Waals surface area contributed by atoms with E-state index < -0.39 is 0 Å². The molecule has 0 unspecified atom stereocenters. The fourth-order valence-electron chi connectivity index (χ4n) is 3.19. The topological polar surface area (TPSA) is 50.3 Å². The van der Waals surface area contributed by atoms with Gasteiger partial charge in [-0.3, -0.25) is 4.40 Å². The van der Waals surface area contributed by atoms with Gasteiger partial charge >= 0.3 is 0 Å². The highest BCUT2D eigenvalue weighted by molar-refractivity contribution is 5.56. The number of benzene rings is 1. The number of nitrogens with zero attached hydrogens (tertiary/aromatic N) is 3. The molecule has 0 spiro atoms. The number of imidazole rings is 1. The molecule has 4 heteroatoms. The average molecular weight is 319 g/mol. The molecule has 2 aromatic heterocycles. The highest BCUT2D eigenvalue weighted by Gasteiger charge is 2.13. The monoisotopic (exact) mass is 319 g/mol. The van der Waals surface area contributed by atoms with Crippen LogP contribution in [0, 0.1) is 39.0 Å². The van der Waals surface area contributed by atoms with E-state index in [0.29, 0.717) is 13.0 Å². The van der Waals surface area contributed by atoms with Crippen LogP contribution in [-0.2, 0) is 13.0 Å². The fraction of sp³-hybridized carbons (Fsp3) is 0.300. The second kappa shape index (κ2) is 6.37. The van der Waals surface area contributed by atoms with Crippen LogP contribution in [0.3, 0.4) is 0 Å². The highest BCUT2D eigenvalue weighted by Crippen LogP contribution is 2.25. The summed E-state index contributed by atoms with van der Waals surface area (Å²) in [6.07, 6.45) is 2.27. The summed E-state index contributed by atoms with van der Waals surface area (Å²) in [5.74, 6) is 0.740. The Bertz CT molecular complexity index is 924. The number of nitriles is 1. The van der Waals surface area contributed by atoms with Crippen LogP contribution in [0.4, 0.5) is 0 Å². The van der Waals surface area contributed by atoms with Gasteiger partial charge in [0.05, 0.1) is 23.9 Å². The first-order valence-corrected chi connectivity index (χ1v) is 8.04. The summed E-state index contributed by atoms with van der Waals surface area (Å²) in [7, 11) is 0. The molecule has 0 atom stereocenters. The fourth-order valence-corrected chi connectivity index (χ4v) is 3.19. The highest BCUT2D eigenvalue weighted by atomic mass is 16.5. The van der Waals surface area contributed by atoms with Gasteiger partial charge in [-0.15, -0.1) is 0 Å². The maximum Gasteiger partial charge on any atom is 0.180 e. The summed E-state index contributed by atoms with van der Waals surface area (Å²) in [4.78, 5) is 4.59. The Hall–Kier alpha value is -2.80. The van der Waals surface area contributed by atoms with Crippen molar-refractivity contribution in [2.24, 2.45) is 0 Å². The van der Waals surface area contributed by atoms with E-state index in [9.17, 15) is 0 Å². The van der Waals surface area contributed by atoms with Crippen molar-refractivity contribution >= 4 is 5.65 Å². The molecule has 0 N–H and O–H groups in total. The standard InChI is InChI=1S/C20H21N3O/c1-13-10-14(2)17(15(3)11-13)12-24-19-6-5-9-23-18(7-8-21)16(4)22-20(19)23/h5-6,9-11H,7,12H2,1-4H3. The predicted octanol–water partition coefficient (Wildman–Crippen LogP) is 4.21. The minimum Gasteiger partial charge on any atom is -0.485 e. The summed E-state index contributed by atoms with van der Waals surface area (Å²) in [6, 6.07) is 10.4. The lowest BCUT2D eigenvalue weighted by Crippen LogP contribution is -2.03. The van der Waals surface area contributed by atoms with Crippen molar-refractivity contribution in [3.8, 4) is 11.8 Å². The van der Waals surface area contributed by atoms with Crippen molar-refractivity contribution in [3.05, 3.63) is 64.1 Å². The average Bonchev–Trinajstić information content (AvgIpc) is 2.84. The van der Waals surface area contributed by atoms with E-state index in [-0.39, 0.29) is 0 Å². The molecule has 0 amide bonds. The van der Waals surface area contributed by atoms with E-state index in [4.69, 9.17) is 10.00 Å². The van der Waals surface area contributed by atoms with Gasteiger partial charge in [0.1, 0.15) is 6.61 Å². The molecule has 3 rings (SSSR count). The van der Waals surface area contributed by atoms with Gasteiger partial charge in [0.15, 0.2) is 11.4 Å². The van der Waals surface area contributed by atoms with Crippen molar-refractivity contribution in [3.63, 3.8) is 0 Å². The number of pyridine rings is 1. The lowest BCUT2D eigenvalue weighted by molar-refractivity contribution is 0.306. The van der Waals surface area contributed by atoms with Crippen molar-refractivity contribution in [1.29, 1.82) is 5.26 Å². The Morgan fingerprint density at radius 1 is 1.17 bits per heavy atom. The molecule has 4 nitrogen and oxygen atoms in total. The Morgan fingerprint density at radius 3 is 2.54 bits per heavy atom. The van der Waals surface area contributed by atoms with Gasteiger partial charge in [0.25, 0.3) is 0 Å². The summed E-state index contributed by atoms with van der Waals surface area (Å²) in [5, 5.41) is 9.00. The van der Waals surface area contributed by atoms with Crippen LogP contribution < -0.4 is 4.74 Å². The molecule has 122 valence electrons. The van der Waals surface area contributed by atoms with E-state index in [1.54, 1.807) is 0 Å². The number of hydrogen-bond acceptors (Lipinski definition) is 3. The minimum absolute atomic E-state index is 0.340. The van der Waals surface area contributed by atoms with Crippen LogP contribution in [0.5, 0.6) is 5.75 Å². The van der Waals surface area contributed by atoms with Gasteiger partial charge in [-0.2, -0.15) is 5.26 Å². The molecule has 2 heterocycles. The zero-order valence-corrected chi connectivity index (χ0v) is 14.6. The molecular weight excluding hydrogens is 298 g/mol. The first kappa shape index (κ1) is 16.1. The van der Waals surface area contributed by atoms with Gasteiger partial charge in [0.2, 0.25) is 0 Å². The van der Waals surface area contributed by atoms with Gasteiger partial charge in [-0.25, -0.2) is 4.98 Å². The molecular formula is C20H21N3O. The van der Waals surface area contributed by atoms with Gasteiger partial charge in [-0.05, 0) is 56.5 Å². The SMILES string of the molecule is Cc1cc(C)c(COc2cccn3c(CC#N)c(C)nc23)c(C)c1. The van der Waals surface area contributed by atoms with Crippen molar-refractivity contribution in [2.45, 2.75) is 40.7 Å². The minimum atomic E-state index is 0.340. The molecule has 0 aliphatic heterocycles. The molecule has 0 fully saturated rings. The smallest absolute Gasteiger partial charge is 0.180 e. The Balaban J connectivity index is 1.95. The molecule has 3 aromatic rings. The van der Waals surface area contributed by atoms with Crippen LogP contribution in [0.15, 0.2) is 30.5 Å². The third-order valence-electron chi connectivity index (χ3n) is 4.37. The number of ether oxygens (including phenoxy) is 1. The maximum atomic E-state index is 9.00. The quantitative estimate of drug-likeness (QED) is 0.723. The lowest BCUT2D eigenvalue weighted by atomic mass is 10.0. The second-order valence-corrected chi connectivity index (χ2v) is 6.21. The number of aryl methyl sites for hydroxylation is 4. The summed E-state index contributed by atoms with van der Waals surface area (Å²) < 4.78 is 8.03. The van der Waals surface area contributed by atoms with Gasteiger partial charge < -0.3 is 4.74 Å². The molecule has 0 aliphatic rings. The molecule has 24 heavy (non-hydrogen) atoms. The van der Waals surface area contributed by atoms with Crippen LogP contribution >= 0.6 is 0 Å². The second-order valence-electron chi connectivity index (χ2n) is 6.21. The summed E-state index contributed by atoms with van der Waals surface area (Å²) in [6.45, 7) is 8.78. The van der Waals surface area contributed by atoms with Crippen LogP contribution in [-0.4, -0.2) is 9.38 Å². The molecule has 0 aliphatic carbocycles. The molecule has 0 radical (unpaired) electrons. The first-order chi connectivity index (χ1) is 11.5. The van der Waals surface area contributed by atoms with Gasteiger partial charge in [-0.1, -0.05) is 17.7 Å². The first-order valence-electron chi connectivity index (χ1n) is 8.04. The predicted molar refractivity (Wildman–Crippen MR) is 94.2 cm³/mol. The normalized spacial score (nSPS) is 10.8. The van der Waals surface area contributed by atoms with Gasteiger partial charge in [0, 0.05) is 6.20 Å². The largest absolute Gasteiger partial charge is 0.485 e. The Labute approximate surface area is 142 Å². The summed E-state index contributed by atoms with van der Waals surface area (Å²) in [5.41, 5.74) is 7.51. The molecule has 0 saturated carbocycles. The zero-order valence-electron chi connectivity index (χ0n) is 14.6. The van der Waals surface area contributed by atoms with E-state index in [1.165, 1.54) is 22.3 Å². The molecule has 1 aromatic carbocycles. The van der Waals surface area contributed by atoms with Crippen molar-refractivity contribution in [2.75, 3.05) is 0 Å².